The van der Waals surface area contributed by atoms with Gasteiger partial charge in [0.1, 0.15) is 0 Å². The Bertz CT molecular complexity index is 405. The van der Waals surface area contributed by atoms with Crippen LogP contribution in [0.4, 0.5) is 0 Å². The van der Waals surface area contributed by atoms with Gasteiger partial charge >= 0.3 is 59.1 Å². The predicted molar refractivity (Wildman–Crippen MR) is 63.0 cm³/mol. The van der Waals surface area contributed by atoms with Crippen molar-refractivity contribution in [2.24, 2.45) is 0 Å². The van der Waals surface area contributed by atoms with E-state index in [0.29, 0.717) is 11.1 Å². The molecule has 4 heteroatoms. The van der Waals surface area contributed by atoms with Crippen molar-refractivity contribution >= 4 is 0 Å². The molecule has 2 rings (SSSR count). The van der Waals surface area contributed by atoms with Crippen molar-refractivity contribution in [3.63, 3.8) is 0 Å². The molecule has 0 aliphatic rings. The Morgan fingerprint density at radius 1 is 0.632 bits per heavy atom. The van der Waals surface area contributed by atoms with Crippen molar-refractivity contribution in [2.45, 2.75) is 18.6 Å². The molecule has 0 radical (unpaired) electrons. The van der Waals surface area contributed by atoms with Gasteiger partial charge in [-0.15, -0.1) is 12.2 Å². The zero-order valence-electron chi connectivity index (χ0n) is 11.5. The molecule has 0 heterocycles. The van der Waals surface area contributed by atoms with Crippen LogP contribution in [0.2, 0.25) is 0 Å². The smallest absolute Gasteiger partial charge is 0.849 e. The van der Waals surface area contributed by atoms with E-state index >= 15 is 0 Å². The van der Waals surface area contributed by atoms with E-state index in [9.17, 15) is 10.2 Å². The van der Waals surface area contributed by atoms with Gasteiger partial charge in [-0.25, -0.2) is 0 Å². The summed E-state index contributed by atoms with van der Waals surface area (Å²) >= 11 is 0. The van der Waals surface area contributed by atoms with Crippen LogP contribution in [0.5, 0.6) is 0 Å². The fraction of sp³-hybridized carbons (Fsp3) is 0.200. The molecule has 88 valence electrons. The summed E-state index contributed by atoms with van der Waals surface area (Å²) in [6, 6.07) is 18.1. The molecule has 0 aliphatic heterocycles. The van der Waals surface area contributed by atoms with E-state index in [2.05, 4.69) is 0 Å². The van der Waals surface area contributed by atoms with Crippen molar-refractivity contribution in [3.05, 3.63) is 71.8 Å². The third-order valence-corrected chi connectivity index (χ3v) is 2.77. The maximum absolute atomic E-state index is 11.9. The molecule has 0 saturated heterocycles. The Kier molecular flexibility index (Phi) is 10.3. The Morgan fingerprint density at radius 2 is 0.947 bits per heavy atom. The largest absolute Gasteiger partial charge is 1.00 e. The van der Waals surface area contributed by atoms with Crippen molar-refractivity contribution in [2.75, 3.05) is 0 Å². The molecule has 0 fully saturated rings. The van der Waals surface area contributed by atoms with Crippen LogP contribution in [0.25, 0.3) is 0 Å². The molecule has 0 aliphatic carbocycles. The minimum absolute atomic E-state index is 0. The van der Waals surface area contributed by atoms with E-state index in [1.807, 2.05) is 36.4 Å². The van der Waals surface area contributed by atoms with Gasteiger partial charge in [0, 0.05) is 0 Å². The molecule has 2 atom stereocenters. The molecule has 0 amide bonds. The van der Waals surface area contributed by atoms with Crippen molar-refractivity contribution < 1.29 is 69.3 Å². The normalized spacial score (nSPS) is 12.7. The van der Waals surface area contributed by atoms with E-state index in [4.69, 9.17) is 0 Å². The average molecular weight is 272 g/mol. The first-order valence-electron chi connectivity index (χ1n) is 5.69. The summed E-state index contributed by atoms with van der Waals surface area (Å²) < 4.78 is 0. The molecule has 2 nitrogen and oxygen atoms in total. The SMILES string of the molecule is [Na+].[Na+].[O-]C(CC([O-])c1ccccc1)c1ccccc1. The maximum atomic E-state index is 11.9. The molecule has 19 heavy (non-hydrogen) atoms. The van der Waals surface area contributed by atoms with Crippen LogP contribution in [-0.2, 0) is 0 Å². The third kappa shape index (κ3) is 6.11. The summed E-state index contributed by atoms with van der Waals surface area (Å²) in [5.41, 5.74) is 1.37. The average Bonchev–Trinajstić information content (AvgIpc) is 2.40. The molecule has 0 N–H and O–H groups in total. The van der Waals surface area contributed by atoms with Gasteiger partial charge in [0.05, 0.1) is 0 Å². The molecular weight excluding hydrogens is 258 g/mol. The van der Waals surface area contributed by atoms with Gasteiger partial charge in [-0.3, -0.25) is 0 Å². The molecule has 0 saturated carbocycles. The first-order chi connectivity index (χ1) is 8.27. The second-order valence-electron chi connectivity index (χ2n) is 4.03. The summed E-state index contributed by atoms with van der Waals surface area (Å²) in [7, 11) is 0. The van der Waals surface area contributed by atoms with Gasteiger partial charge in [-0.05, 0) is 0 Å². The number of hydrogen-bond donors (Lipinski definition) is 0. The van der Waals surface area contributed by atoms with Gasteiger partial charge in [0.25, 0.3) is 0 Å². The first-order valence-corrected chi connectivity index (χ1v) is 5.69. The first kappa shape index (κ1) is 19.4. The number of rotatable bonds is 4. The fourth-order valence-electron chi connectivity index (χ4n) is 1.80. The molecule has 2 aromatic rings. The Labute approximate surface area is 158 Å². The summed E-state index contributed by atoms with van der Waals surface area (Å²) in [5.74, 6) is 0. The van der Waals surface area contributed by atoms with Crippen LogP contribution >= 0.6 is 0 Å². The quantitative estimate of drug-likeness (QED) is 0.528. The number of hydrogen-bond acceptors (Lipinski definition) is 2. The molecular formula is C15H14Na2O2. The fourth-order valence-corrected chi connectivity index (χ4v) is 1.80. The molecule has 2 unspecified atom stereocenters. The van der Waals surface area contributed by atoms with E-state index in [-0.39, 0.29) is 65.5 Å². The van der Waals surface area contributed by atoms with E-state index in [0.717, 1.165) is 0 Å². The van der Waals surface area contributed by atoms with Crippen molar-refractivity contribution in [1.29, 1.82) is 0 Å². The van der Waals surface area contributed by atoms with Gasteiger partial charge in [-0.2, -0.15) is 0 Å². The van der Waals surface area contributed by atoms with Crippen LogP contribution in [0.3, 0.4) is 0 Å². The van der Waals surface area contributed by atoms with Crippen molar-refractivity contribution in [1.82, 2.24) is 0 Å². The van der Waals surface area contributed by atoms with Crippen LogP contribution in [0, 0.1) is 0 Å². The van der Waals surface area contributed by atoms with Gasteiger partial charge in [0.15, 0.2) is 0 Å². The second kappa shape index (κ2) is 10.1. The van der Waals surface area contributed by atoms with Gasteiger partial charge < -0.3 is 10.2 Å². The Morgan fingerprint density at radius 3 is 1.26 bits per heavy atom. The molecule has 2 aromatic carbocycles. The van der Waals surface area contributed by atoms with Crippen LogP contribution in [0.15, 0.2) is 60.7 Å². The summed E-state index contributed by atoms with van der Waals surface area (Å²) in [4.78, 5) is 0. The third-order valence-electron chi connectivity index (χ3n) is 2.77. The predicted octanol–water partition coefficient (Wildman–Crippen LogP) is -4.41. The summed E-state index contributed by atoms with van der Waals surface area (Å²) in [6.07, 6.45) is -1.80. The second-order valence-corrected chi connectivity index (χ2v) is 4.03. The summed E-state index contributed by atoms with van der Waals surface area (Å²) in [6.45, 7) is 0. The Balaban J connectivity index is 0.00000162. The van der Waals surface area contributed by atoms with E-state index in [1.54, 1.807) is 24.3 Å². The standard InChI is InChI=1S/C15H14O2.2Na/c16-14(12-7-3-1-4-8-12)11-15(17)13-9-5-2-6-10-13;;/h1-10,14-15H,11H2;;/q-2;2*+1. The zero-order valence-corrected chi connectivity index (χ0v) is 15.5. The van der Waals surface area contributed by atoms with E-state index < -0.39 is 12.2 Å². The minimum atomic E-state index is -0.945. The van der Waals surface area contributed by atoms with Gasteiger partial charge in [-0.1, -0.05) is 78.2 Å². The van der Waals surface area contributed by atoms with Crippen molar-refractivity contribution in [3.8, 4) is 0 Å². The zero-order chi connectivity index (χ0) is 12.1. The molecule has 0 spiro atoms. The molecule has 0 aromatic heterocycles. The maximum Gasteiger partial charge on any atom is 1.00 e. The Hall–Kier alpha value is 0.360. The van der Waals surface area contributed by atoms with E-state index in [1.165, 1.54) is 0 Å². The monoisotopic (exact) mass is 272 g/mol. The summed E-state index contributed by atoms with van der Waals surface area (Å²) in [5, 5.41) is 23.8. The minimum Gasteiger partial charge on any atom is -0.849 e. The van der Waals surface area contributed by atoms with Crippen LogP contribution < -0.4 is 69.3 Å². The van der Waals surface area contributed by atoms with Crippen LogP contribution in [0.1, 0.15) is 29.8 Å². The van der Waals surface area contributed by atoms with Crippen LogP contribution in [-0.4, -0.2) is 0 Å². The van der Waals surface area contributed by atoms with Gasteiger partial charge in [0.2, 0.25) is 0 Å². The topological polar surface area (TPSA) is 46.1 Å². The number of benzene rings is 2. The molecule has 0 bridgehead atoms.